The first-order valence-corrected chi connectivity index (χ1v) is 11.1. The van der Waals surface area contributed by atoms with Crippen LogP contribution >= 0.6 is 0 Å². The number of likely N-dealkylation sites (tertiary alicyclic amines) is 1. The van der Waals surface area contributed by atoms with Crippen LogP contribution in [-0.4, -0.2) is 66.8 Å². The third-order valence-electron chi connectivity index (χ3n) is 5.99. The number of rotatable bonds is 6. The highest BCUT2D eigenvalue weighted by atomic mass is 16.5. The Morgan fingerprint density at radius 1 is 1.16 bits per heavy atom. The van der Waals surface area contributed by atoms with Crippen LogP contribution in [0.4, 0.5) is 17.3 Å². The van der Waals surface area contributed by atoms with Crippen LogP contribution in [0.1, 0.15) is 25.3 Å². The number of hydrogen-bond donors (Lipinski definition) is 1. The molecule has 2 aliphatic rings. The Morgan fingerprint density at radius 3 is 2.55 bits per heavy atom. The number of aromatic nitrogens is 2. The van der Waals surface area contributed by atoms with Crippen molar-refractivity contribution in [1.82, 2.24) is 14.9 Å². The topological polar surface area (TPSA) is 79.8 Å². The summed E-state index contributed by atoms with van der Waals surface area (Å²) in [6.07, 6.45) is 3.34. The molecule has 4 rings (SSSR count). The lowest BCUT2D eigenvalue weighted by Gasteiger charge is -2.29. The second-order valence-electron chi connectivity index (χ2n) is 8.08. The molecule has 0 spiro atoms. The molecule has 2 aromatic rings. The molecule has 31 heavy (non-hydrogen) atoms. The van der Waals surface area contributed by atoms with E-state index in [1.54, 1.807) is 6.20 Å². The average molecular weight is 426 g/mol. The van der Waals surface area contributed by atoms with Crippen molar-refractivity contribution < 1.29 is 14.3 Å². The van der Waals surface area contributed by atoms with Crippen LogP contribution < -0.4 is 15.0 Å². The van der Waals surface area contributed by atoms with Crippen molar-refractivity contribution in [1.29, 1.82) is 0 Å². The number of esters is 1. The van der Waals surface area contributed by atoms with Crippen molar-refractivity contribution >= 4 is 23.3 Å². The van der Waals surface area contributed by atoms with Gasteiger partial charge in [0.05, 0.1) is 19.1 Å². The standard InChI is InChI=1S/C23H31N5O3/c1-3-27-10-8-18(9-11-27)22(29)31-21-17(2)16-24-23(26-21)25-19-4-6-20(7-5-19)28-12-14-30-15-13-28/h4-7,16,18H,3,8-15H2,1-2H3,(H,24,25,26). The number of morpholine rings is 1. The predicted octanol–water partition coefficient (Wildman–Crippen LogP) is 3.00. The Kier molecular flexibility index (Phi) is 6.99. The van der Waals surface area contributed by atoms with Gasteiger partial charge in [0, 0.05) is 36.2 Å². The molecular weight excluding hydrogens is 394 g/mol. The second kappa shape index (κ2) is 10.1. The largest absolute Gasteiger partial charge is 0.407 e. The van der Waals surface area contributed by atoms with Gasteiger partial charge in [0.15, 0.2) is 0 Å². The van der Waals surface area contributed by atoms with Gasteiger partial charge in [0.2, 0.25) is 11.8 Å². The molecule has 0 atom stereocenters. The van der Waals surface area contributed by atoms with Gasteiger partial charge < -0.3 is 24.6 Å². The molecule has 1 N–H and O–H groups in total. The number of benzene rings is 1. The fourth-order valence-electron chi connectivity index (χ4n) is 3.96. The van der Waals surface area contributed by atoms with Crippen LogP contribution in [0.3, 0.4) is 0 Å². The molecule has 0 saturated carbocycles. The third-order valence-corrected chi connectivity index (χ3v) is 5.99. The van der Waals surface area contributed by atoms with Crippen molar-refractivity contribution in [2.75, 3.05) is 56.2 Å². The Bertz CT molecular complexity index is 875. The number of carbonyl (C=O) groups is 1. The van der Waals surface area contributed by atoms with Crippen LogP contribution in [0.25, 0.3) is 0 Å². The summed E-state index contributed by atoms with van der Waals surface area (Å²) in [4.78, 5) is 26.1. The van der Waals surface area contributed by atoms with Crippen molar-refractivity contribution in [3.63, 3.8) is 0 Å². The first kappa shape index (κ1) is 21.5. The predicted molar refractivity (Wildman–Crippen MR) is 120 cm³/mol. The zero-order chi connectivity index (χ0) is 21.6. The van der Waals surface area contributed by atoms with Gasteiger partial charge in [-0.2, -0.15) is 4.98 Å². The van der Waals surface area contributed by atoms with Gasteiger partial charge in [-0.1, -0.05) is 6.92 Å². The second-order valence-corrected chi connectivity index (χ2v) is 8.08. The Labute approximate surface area is 183 Å². The van der Waals surface area contributed by atoms with E-state index < -0.39 is 0 Å². The number of hydrogen-bond acceptors (Lipinski definition) is 8. The summed E-state index contributed by atoms with van der Waals surface area (Å²) in [6, 6.07) is 8.15. The SMILES string of the molecule is CCN1CCC(C(=O)Oc2nc(Nc3ccc(N4CCOCC4)cc3)ncc2C)CC1. The Hall–Kier alpha value is -2.71. The van der Waals surface area contributed by atoms with E-state index >= 15 is 0 Å². The number of ether oxygens (including phenoxy) is 2. The molecule has 8 heteroatoms. The van der Waals surface area contributed by atoms with E-state index in [0.717, 1.165) is 70.0 Å². The molecule has 8 nitrogen and oxygen atoms in total. The van der Waals surface area contributed by atoms with Crippen LogP contribution in [0.15, 0.2) is 30.5 Å². The van der Waals surface area contributed by atoms with E-state index in [2.05, 4.69) is 44.1 Å². The zero-order valence-electron chi connectivity index (χ0n) is 18.3. The third kappa shape index (κ3) is 5.51. The van der Waals surface area contributed by atoms with E-state index in [1.165, 1.54) is 5.69 Å². The molecule has 0 amide bonds. The minimum Gasteiger partial charge on any atom is -0.407 e. The van der Waals surface area contributed by atoms with E-state index in [1.807, 2.05) is 19.1 Å². The van der Waals surface area contributed by atoms with E-state index in [9.17, 15) is 4.79 Å². The van der Waals surface area contributed by atoms with Crippen LogP contribution in [0, 0.1) is 12.8 Å². The summed E-state index contributed by atoms with van der Waals surface area (Å²) in [5, 5.41) is 3.20. The number of piperidine rings is 1. The minimum absolute atomic E-state index is 0.0682. The summed E-state index contributed by atoms with van der Waals surface area (Å²) >= 11 is 0. The first-order chi connectivity index (χ1) is 15.1. The van der Waals surface area contributed by atoms with Crippen molar-refractivity contribution in [2.24, 2.45) is 5.92 Å². The van der Waals surface area contributed by atoms with Crippen LogP contribution in [0.5, 0.6) is 5.88 Å². The van der Waals surface area contributed by atoms with Crippen LogP contribution in [0.2, 0.25) is 0 Å². The highest BCUT2D eigenvalue weighted by molar-refractivity contribution is 5.75. The Balaban J connectivity index is 1.38. The minimum atomic E-state index is -0.196. The van der Waals surface area contributed by atoms with E-state index in [-0.39, 0.29) is 11.9 Å². The molecular formula is C23H31N5O3. The summed E-state index contributed by atoms with van der Waals surface area (Å²) in [7, 11) is 0. The molecule has 0 bridgehead atoms. The highest BCUT2D eigenvalue weighted by Gasteiger charge is 2.26. The van der Waals surface area contributed by atoms with Gasteiger partial charge in [0.25, 0.3) is 0 Å². The van der Waals surface area contributed by atoms with Gasteiger partial charge >= 0.3 is 5.97 Å². The Morgan fingerprint density at radius 2 is 1.87 bits per heavy atom. The highest BCUT2D eigenvalue weighted by Crippen LogP contribution is 2.24. The first-order valence-electron chi connectivity index (χ1n) is 11.1. The summed E-state index contributed by atoms with van der Waals surface area (Å²) in [5.74, 6) is 0.471. The normalized spacial score (nSPS) is 18.1. The fourth-order valence-corrected chi connectivity index (χ4v) is 3.96. The number of nitrogens with one attached hydrogen (secondary N) is 1. The van der Waals surface area contributed by atoms with Gasteiger partial charge in [-0.3, -0.25) is 4.79 Å². The molecule has 166 valence electrons. The van der Waals surface area contributed by atoms with Crippen molar-refractivity contribution in [3.8, 4) is 5.88 Å². The number of nitrogens with zero attached hydrogens (tertiary/aromatic N) is 4. The molecule has 0 aliphatic carbocycles. The molecule has 1 aromatic heterocycles. The van der Waals surface area contributed by atoms with Gasteiger partial charge in [-0.15, -0.1) is 0 Å². The lowest BCUT2D eigenvalue weighted by Crippen LogP contribution is -2.37. The maximum atomic E-state index is 12.6. The van der Waals surface area contributed by atoms with Gasteiger partial charge in [-0.05, 0) is 63.7 Å². The summed E-state index contributed by atoms with van der Waals surface area (Å²) < 4.78 is 11.1. The summed E-state index contributed by atoms with van der Waals surface area (Å²) in [6.45, 7) is 10.2. The molecule has 0 radical (unpaired) electrons. The van der Waals surface area contributed by atoms with Gasteiger partial charge in [0.1, 0.15) is 0 Å². The maximum Gasteiger partial charge on any atom is 0.315 e. The average Bonchev–Trinajstić information content (AvgIpc) is 2.82. The quantitative estimate of drug-likeness (QED) is 0.708. The number of carbonyl (C=O) groups excluding carboxylic acids is 1. The van der Waals surface area contributed by atoms with Crippen molar-refractivity contribution in [2.45, 2.75) is 26.7 Å². The van der Waals surface area contributed by atoms with E-state index in [0.29, 0.717) is 11.8 Å². The monoisotopic (exact) mass is 425 g/mol. The fraction of sp³-hybridized carbons (Fsp3) is 0.522. The molecule has 1 aromatic carbocycles. The molecule has 2 fully saturated rings. The van der Waals surface area contributed by atoms with Gasteiger partial charge in [-0.25, -0.2) is 4.98 Å². The smallest absolute Gasteiger partial charge is 0.315 e. The molecule has 0 unspecified atom stereocenters. The lowest BCUT2D eigenvalue weighted by atomic mass is 9.97. The lowest BCUT2D eigenvalue weighted by molar-refractivity contribution is -0.140. The van der Waals surface area contributed by atoms with Crippen molar-refractivity contribution in [3.05, 3.63) is 36.0 Å². The number of anilines is 3. The van der Waals surface area contributed by atoms with E-state index in [4.69, 9.17) is 9.47 Å². The molecule has 3 heterocycles. The van der Waals surface area contributed by atoms with Crippen LogP contribution in [-0.2, 0) is 9.53 Å². The maximum absolute atomic E-state index is 12.6. The summed E-state index contributed by atoms with van der Waals surface area (Å²) in [5.41, 5.74) is 2.79. The molecule has 2 aliphatic heterocycles. The molecule has 2 saturated heterocycles. The zero-order valence-corrected chi connectivity index (χ0v) is 18.3. The number of aryl methyl sites for hydroxylation is 1.